The lowest BCUT2D eigenvalue weighted by molar-refractivity contribution is 0.296. The first kappa shape index (κ1) is 8.26. The zero-order valence-electron chi connectivity index (χ0n) is 6.05. The van der Waals surface area contributed by atoms with E-state index in [1.54, 1.807) is 6.26 Å². The fraction of sp³-hybridized carbons (Fsp3) is 0.125. The number of hydrogen-bond donors (Lipinski definition) is 0. The number of benzene rings is 1. The standard InChI is InChI=1S/C8H5Br2NO/c9-6-1-5-3-12-4-11-8(5)7(10)2-6/h1-3H,4H2. The number of hydrogen-bond acceptors (Lipinski definition) is 2. The second-order valence-electron chi connectivity index (χ2n) is 2.40. The van der Waals surface area contributed by atoms with E-state index < -0.39 is 0 Å². The van der Waals surface area contributed by atoms with Gasteiger partial charge in [-0.25, -0.2) is 4.99 Å². The molecule has 1 aromatic carbocycles. The van der Waals surface area contributed by atoms with E-state index in [1.807, 2.05) is 12.1 Å². The van der Waals surface area contributed by atoms with Crippen LogP contribution in [0.15, 0.2) is 26.1 Å². The molecule has 2 nitrogen and oxygen atoms in total. The summed E-state index contributed by atoms with van der Waals surface area (Å²) < 4.78 is 7.08. The summed E-state index contributed by atoms with van der Waals surface area (Å²) in [6, 6.07) is 3.95. The summed E-state index contributed by atoms with van der Waals surface area (Å²) in [5.41, 5.74) is 0. The number of nitrogens with zero attached hydrogens (tertiary/aromatic N) is 1. The maximum Gasteiger partial charge on any atom is 0.178 e. The molecule has 0 saturated heterocycles. The van der Waals surface area contributed by atoms with E-state index in [9.17, 15) is 0 Å². The lowest BCUT2D eigenvalue weighted by Crippen LogP contribution is -2.29. The summed E-state index contributed by atoms with van der Waals surface area (Å²) in [6.07, 6.45) is 1.72. The van der Waals surface area contributed by atoms with E-state index >= 15 is 0 Å². The van der Waals surface area contributed by atoms with Crippen molar-refractivity contribution in [1.82, 2.24) is 0 Å². The smallest absolute Gasteiger partial charge is 0.178 e. The average Bonchev–Trinajstić information content (AvgIpc) is 2.04. The van der Waals surface area contributed by atoms with Gasteiger partial charge >= 0.3 is 0 Å². The van der Waals surface area contributed by atoms with Crippen molar-refractivity contribution < 1.29 is 4.74 Å². The molecule has 0 amide bonds. The molecule has 0 saturated carbocycles. The maximum absolute atomic E-state index is 5.07. The van der Waals surface area contributed by atoms with Crippen LogP contribution < -0.4 is 10.6 Å². The van der Waals surface area contributed by atoms with Crippen molar-refractivity contribution in [1.29, 1.82) is 0 Å². The van der Waals surface area contributed by atoms with E-state index in [4.69, 9.17) is 4.74 Å². The highest BCUT2D eigenvalue weighted by molar-refractivity contribution is 9.11. The molecule has 0 spiro atoms. The van der Waals surface area contributed by atoms with Crippen molar-refractivity contribution in [3.8, 4) is 0 Å². The van der Waals surface area contributed by atoms with Crippen LogP contribution in [-0.2, 0) is 4.74 Å². The van der Waals surface area contributed by atoms with Gasteiger partial charge in [-0.15, -0.1) is 0 Å². The summed E-state index contributed by atoms with van der Waals surface area (Å²) >= 11 is 6.83. The predicted octanol–water partition coefficient (Wildman–Crippen LogP) is 1.56. The van der Waals surface area contributed by atoms with E-state index in [2.05, 4.69) is 36.9 Å². The van der Waals surface area contributed by atoms with Gasteiger partial charge in [-0.1, -0.05) is 15.9 Å². The first-order valence-corrected chi connectivity index (χ1v) is 4.97. The molecule has 0 fully saturated rings. The Balaban J connectivity index is 2.87. The summed E-state index contributed by atoms with van der Waals surface area (Å²) in [6.45, 7) is 0.410. The molecule has 0 bridgehead atoms. The molecule has 0 aromatic heterocycles. The van der Waals surface area contributed by atoms with Crippen LogP contribution in [0.3, 0.4) is 0 Å². The van der Waals surface area contributed by atoms with E-state index in [0.29, 0.717) is 6.73 Å². The minimum Gasteiger partial charge on any atom is -0.478 e. The van der Waals surface area contributed by atoms with E-state index in [0.717, 1.165) is 19.5 Å². The maximum atomic E-state index is 5.07. The Morgan fingerprint density at radius 3 is 3.00 bits per heavy atom. The normalized spacial score (nSPS) is 13.8. The Morgan fingerprint density at radius 2 is 2.17 bits per heavy atom. The third kappa shape index (κ3) is 1.41. The second-order valence-corrected chi connectivity index (χ2v) is 4.17. The van der Waals surface area contributed by atoms with Crippen molar-refractivity contribution in [2.45, 2.75) is 0 Å². The van der Waals surface area contributed by atoms with Gasteiger partial charge in [-0.2, -0.15) is 0 Å². The highest BCUT2D eigenvalue weighted by Gasteiger charge is 2.00. The summed E-state index contributed by atoms with van der Waals surface area (Å²) in [5, 5.41) is 1.96. The molecular formula is C8H5Br2NO. The molecule has 0 atom stereocenters. The van der Waals surface area contributed by atoms with E-state index in [1.165, 1.54) is 0 Å². The zero-order chi connectivity index (χ0) is 8.55. The van der Waals surface area contributed by atoms with Crippen LogP contribution >= 0.6 is 31.9 Å². The van der Waals surface area contributed by atoms with Crippen molar-refractivity contribution in [2.75, 3.05) is 6.73 Å². The quantitative estimate of drug-likeness (QED) is 0.711. The molecule has 0 radical (unpaired) electrons. The Morgan fingerprint density at radius 1 is 1.33 bits per heavy atom. The topological polar surface area (TPSA) is 21.6 Å². The molecule has 1 aliphatic heterocycles. The number of rotatable bonds is 0. The Labute approximate surface area is 86.2 Å². The second kappa shape index (κ2) is 3.18. The molecule has 12 heavy (non-hydrogen) atoms. The van der Waals surface area contributed by atoms with Crippen LogP contribution in [-0.4, -0.2) is 6.73 Å². The van der Waals surface area contributed by atoms with Crippen LogP contribution in [0.4, 0.5) is 0 Å². The molecule has 4 heteroatoms. The lowest BCUT2D eigenvalue weighted by atomic mass is 10.3. The minimum atomic E-state index is 0.410. The molecule has 0 N–H and O–H groups in total. The van der Waals surface area contributed by atoms with Gasteiger partial charge in [0.2, 0.25) is 0 Å². The molecule has 1 aromatic rings. The van der Waals surface area contributed by atoms with Gasteiger partial charge in [-0.05, 0) is 28.1 Å². The number of ether oxygens (including phenoxy) is 1. The predicted molar refractivity (Wildman–Crippen MR) is 53.0 cm³/mol. The van der Waals surface area contributed by atoms with E-state index in [-0.39, 0.29) is 0 Å². The third-order valence-electron chi connectivity index (χ3n) is 1.57. The fourth-order valence-electron chi connectivity index (χ4n) is 1.07. The van der Waals surface area contributed by atoms with Gasteiger partial charge in [0.05, 0.1) is 11.6 Å². The number of fused-ring (bicyclic) bond motifs is 1. The van der Waals surface area contributed by atoms with Crippen LogP contribution in [0.2, 0.25) is 0 Å². The fourth-order valence-corrected chi connectivity index (χ4v) is 2.46. The van der Waals surface area contributed by atoms with Gasteiger partial charge < -0.3 is 4.74 Å². The van der Waals surface area contributed by atoms with Gasteiger partial charge in [0.25, 0.3) is 0 Å². The first-order chi connectivity index (χ1) is 5.77. The van der Waals surface area contributed by atoms with Gasteiger partial charge in [0.1, 0.15) is 0 Å². The molecule has 0 aliphatic carbocycles. The first-order valence-electron chi connectivity index (χ1n) is 3.39. The van der Waals surface area contributed by atoms with Gasteiger partial charge in [0.15, 0.2) is 6.73 Å². The molecular weight excluding hydrogens is 286 g/mol. The molecule has 0 unspecified atom stereocenters. The highest BCUT2D eigenvalue weighted by atomic mass is 79.9. The van der Waals surface area contributed by atoms with Crippen molar-refractivity contribution in [3.05, 3.63) is 31.7 Å². The van der Waals surface area contributed by atoms with Crippen LogP contribution in [0.1, 0.15) is 0 Å². The Hall–Kier alpha value is -0.350. The van der Waals surface area contributed by atoms with Crippen molar-refractivity contribution >= 4 is 38.1 Å². The molecule has 1 heterocycles. The Kier molecular flexibility index (Phi) is 2.19. The molecule has 2 rings (SSSR count). The van der Waals surface area contributed by atoms with Crippen LogP contribution in [0.5, 0.6) is 0 Å². The van der Waals surface area contributed by atoms with Gasteiger partial charge in [0, 0.05) is 14.2 Å². The van der Waals surface area contributed by atoms with Crippen molar-refractivity contribution in [2.24, 2.45) is 4.99 Å². The largest absolute Gasteiger partial charge is 0.478 e. The third-order valence-corrected chi connectivity index (χ3v) is 2.63. The molecule has 62 valence electrons. The highest BCUT2D eigenvalue weighted by Crippen LogP contribution is 2.10. The SMILES string of the molecule is Brc1cc(Br)c2c(c1)=COCN=2. The zero-order valence-corrected chi connectivity index (χ0v) is 9.22. The number of halogens is 2. The monoisotopic (exact) mass is 289 g/mol. The average molecular weight is 291 g/mol. The lowest BCUT2D eigenvalue weighted by Gasteiger charge is -2.03. The van der Waals surface area contributed by atoms with Crippen LogP contribution in [0, 0.1) is 0 Å². The Bertz CT molecular complexity index is 427. The summed E-state index contributed by atoms with van der Waals surface area (Å²) in [4.78, 5) is 4.21. The van der Waals surface area contributed by atoms with Crippen molar-refractivity contribution in [3.63, 3.8) is 0 Å². The summed E-state index contributed by atoms with van der Waals surface area (Å²) in [7, 11) is 0. The summed E-state index contributed by atoms with van der Waals surface area (Å²) in [5.74, 6) is 0. The van der Waals surface area contributed by atoms with Gasteiger partial charge in [-0.3, -0.25) is 0 Å². The minimum absolute atomic E-state index is 0.410. The molecule has 1 aliphatic rings. The van der Waals surface area contributed by atoms with Crippen LogP contribution in [0.25, 0.3) is 6.26 Å².